The van der Waals surface area contributed by atoms with Gasteiger partial charge in [-0.3, -0.25) is 9.59 Å². The summed E-state index contributed by atoms with van der Waals surface area (Å²) in [6, 6.07) is 7.30. The van der Waals surface area contributed by atoms with Crippen LogP contribution in [0.2, 0.25) is 0 Å². The number of carbonyl (C=O) groups excluding carboxylic acids is 2. The van der Waals surface area contributed by atoms with E-state index in [1.165, 1.54) is 6.92 Å². The van der Waals surface area contributed by atoms with Crippen LogP contribution in [-0.2, 0) is 16.0 Å². The molecule has 1 aromatic rings. The highest BCUT2D eigenvalue weighted by atomic mass is 16.5. The zero-order valence-corrected chi connectivity index (χ0v) is 9.66. The fraction of sp³-hybridized carbons (Fsp3) is 0.385. The Bertz CT molecular complexity index is 365. The van der Waals surface area contributed by atoms with Gasteiger partial charge in [-0.25, -0.2) is 0 Å². The lowest BCUT2D eigenvalue weighted by molar-refractivity contribution is -0.143. The number of ether oxygens (including phenoxy) is 1. The molecule has 1 rings (SSSR count). The molecule has 16 heavy (non-hydrogen) atoms. The average Bonchev–Trinajstić information content (AvgIpc) is 2.27. The maximum Gasteiger partial charge on any atom is 0.306 e. The van der Waals surface area contributed by atoms with Crippen LogP contribution in [0.1, 0.15) is 36.2 Å². The molecule has 0 heterocycles. The van der Waals surface area contributed by atoms with Gasteiger partial charge in [0.15, 0.2) is 5.78 Å². The van der Waals surface area contributed by atoms with Gasteiger partial charge in [-0.05, 0) is 25.8 Å². The predicted octanol–water partition coefficient (Wildman–Crippen LogP) is 2.38. The molecule has 0 N–H and O–H groups in total. The van der Waals surface area contributed by atoms with Crippen molar-refractivity contribution in [2.75, 3.05) is 6.61 Å². The number of benzene rings is 1. The van der Waals surface area contributed by atoms with Crippen LogP contribution in [0.3, 0.4) is 0 Å². The highest BCUT2D eigenvalue weighted by Gasteiger charge is 2.03. The first-order valence-electron chi connectivity index (χ1n) is 5.39. The Balaban J connectivity index is 2.49. The van der Waals surface area contributed by atoms with Gasteiger partial charge in [0, 0.05) is 12.0 Å². The lowest BCUT2D eigenvalue weighted by Crippen LogP contribution is -2.05. The van der Waals surface area contributed by atoms with Gasteiger partial charge in [0.2, 0.25) is 0 Å². The summed E-state index contributed by atoms with van der Waals surface area (Å²) in [6.45, 7) is 3.75. The largest absolute Gasteiger partial charge is 0.466 e. The van der Waals surface area contributed by atoms with Crippen molar-refractivity contribution in [1.82, 2.24) is 0 Å². The first-order chi connectivity index (χ1) is 7.63. The normalized spacial score (nSPS) is 9.88. The summed E-state index contributed by atoms with van der Waals surface area (Å²) < 4.78 is 4.83. The SMILES string of the molecule is CCOC(=O)CCc1ccc(C(C)=O)cc1. The number of hydrogen-bond acceptors (Lipinski definition) is 3. The van der Waals surface area contributed by atoms with E-state index in [4.69, 9.17) is 4.74 Å². The lowest BCUT2D eigenvalue weighted by Gasteiger charge is -2.02. The second-order valence-electron chi connectivity index (χ2n) is 3.56. The molecule has 3 heteroatoms. The van der Waals surface area contributed by atoms with E-state index in [1.807, 2.05) is 12.1 Å². The zero-order chi connectivity index (χ0) is 12.0. The Morgan fingerprint density at radius 3 is 2.31 bits per heavy atom. The Morgan fingerprint density at radius 2 is 1.81 bits per heavy atom. The first kappa shape index (κ1) is 12.4. The van der Waals surface area contributed by atoms with Crippen molar-refractivity contribution in [2.24, 2.45) is 0 Å². The number of Topliss-reactive ketones (excluding diaryl/α,β-unsaturated/α-hetero) is 1. The van der Waals surface area contributed by atoms with Crippen molar-refractivity contribution in [2.45, 2.75) is 26.7 Å². The quantitative estimate of drug-likeness (QED) is 0.565. The number of hydrogen-bond donors (Lipinski definition) is 0. The number of esters is 1. The molecule has 0 bridgehead atoms. The smallest absolute Gasteiger partial charge is 0.306 e. The molecular formula is C13H16O3. The molecule has 0 saturated carbocycles. The maximum absolute atomic E-state index is 11.1. The van der Waals surface area contributed by atoms with E-state index >= 15 is 0 Å². The standard InChI is InChI=1S/C13H16O3/c1-3-16-13(15)9-6-11-4-7-12(8-5-11)10(2)14/h4-5,7-8H,3,6,9H2,1-2H3. The molecule has 0 aliphatic rings. The van der Waals surface area contributed by atoms with Crippen LogP contribution >= 0.6 is 0 Å². The van der Waals surface area contributed by atoms with Crippen LogP contribution in [0.25, 0.3) is 0 Å². The van der Waals surface area contributed by atoms with Crippen LogP contribution in [0, 0.1) is 0 Å². The molecule has 0 aromatic heterocycles. The van der Waals surface area contributed by atoms with Gasteiger partial charge in [-0.2, -0.15) is 0 Å². The Morgan fingerprint density at radius 1 is 1.19 bits per heavy atom. The summed E-state index contributed by atoms with van der Waals surface area (Å²) in [5, 5.41) is 0. The molecule has 0 aliphatic carbocycles. The second-order valence-corrected chi connectivity index (χ2v) is 3.56. The topological polar surface area (TPSA) is 43.4 Å². The monoisotopic (exact) mass is 220 g/mol. The summed E-state index contributed by atoms with van der Waals surface area (Å²) in [7, 11) is 0. The summed E-state index contributed by atoms with van der Waals surface area (Å²) in [4.78, 5) is 22.1. The van der Waals surface area contributed by atoms with Crippen molar-refractivity contribution >= 4 is 11.8 Å². The third-order valence-corrected chi connectivity index (χ3v) is 2.28. The van der Waals surface area contributed by atoms with Crippen molar-refractivity contribution in [3.63, 3.8) is 0 Å². The van der Waals surface area contributed by atoms with Crippen molar-refractivity contribution < 1.29 is 14.3 Å². The molecular weight excluding hydrogens is 204 g/mol. The minimum Gasteiger partial charge on any atom is -0.466 e. The Labute approximate surface area is 95.4 Å². The van der Waals surface area contributed by atoms with E-state index in [0.29, 0.717) is 25.0 Å². The van der Waals surface area contributed by atoms with Crippen LogP contribution in [0.4, 0.5) is 0 Å². The third kappa shape index (κ3) is 3.85. The van der Waals surface area contributed by atoms with Crippen LogP contribution < -0.4 is 0 Å². The minimum absolute atomic E-state index is 0.0527. The van der Waals surface area contributed by atoms with Gasteiger partial charge in [0.25, 0.3) is 0 Å². The summed E-state index contributed by atoms with van der Waals surface area (Å²) >= 11 is 0. The minimum atomic E-state index is -0.182. The summed E-state index contributed by atoms with van der Waals surface area (Å²) in [5.41, 5.74) is 1.73. The van der Waals surface area contributed by atoms with E-state index in [-0.39, 0.29) is 11.8 Å². The molecule has 0 atom stereocenters. The van der Waals surface area contributed by atoms with Crippen LogP contribution in [-0.4, -0.2) is 18.4 Å². The highest BCUT2D eigenvalue weighted by Crippen LogP contribution is 2.07. The van der Waals surface area contributed by atoms with Crippen molar-refractivity contribution in [1.29, 1.82) is 0 Å². The lowest BCUT2D eigenvalue weighted by atomic mass is 10.1. The highest BCUT2D eigenvalue weighted by molar-refractivity contribution is 5.94. The molecule has 0 unspecified atom stereocenters. The molecule has 1 aromatic carbocycles. The van der Waals surface area contributed by atoms with Gasteiger partial charge in [-0.1, -0.05) is 24.3 Å². The van der Waals surface area contributed by atoms with E-state index < -0.39 is 0 Å². The predicted molar refractivity (Wildman–Crippen MR) is 61.4 cm³/mol. The first-order valence-corrected chi connectivity index (χ1v) is 5.39. The fourth-order valence-corrected chi connectivity index (χ4v) is 1.39. The van der Waals surface area contributed by atoms with Gasteiger partial charge in [-0.15, -0.1) is 0 Å². The molecule has 3 nitrogen and oxygen atoms in total. The van der Waals surface area contributed by atoms with Crippen LogP contribution in [0.5, 0.6) is 0 Å². The van der Waals surface area contributed by atoms with Gasteiger partial charge < -0.3 is 4.74 Å². The number of ketones is 1. The number of carbonyl (C=O) groups is 2. The van der Waals surface area contributed by atoms with Gasteiger partial charge in [0.1, 0.15) is 0 Å². The van der Waals surface area contributed by atoms with Crippen LogP contribution in [0.15, 0.2) is 24.3 Å². The Kier molecular flexibility index (Phi) is 4.70. The number of rotatable bonds is 5. The Hall–Kier alpha value is -1.64. The average molecular weight is 220 g/mol. The molecule has 0 spiro atoms. The fourth-order valence-electron chi connectivity index (χ4n) is 1.39. The second kappa shape index (κ2) is 6.05. The van der Waals surface area contributed by atoms with Crippen molar-refractivity contribution in [3.05, 3.63) is 35.4 Å². The molecule has 0 amide bonds. The summed E-state index contributed by atoms with van der Waals surface area (Å²) in [5.74, 6) is -0.130. The number of aryl methyl sites for hydroxylation is 1. The van der Waals surface area contributed by atoms with Gasteiger partial charge in [0.05, 0.1) is 6.61 Å². The molecule has 0 fully saturated rings. The third-order valence-electron chi connectivity index (χ3n) is 2.28. The van der Waals surface area contributed by atoms with E-state index in [0.717, 1.165) is 5.56 Å². The van der Waals surface area contributed by atoms with Gasteiger partial charge >= 0.3 is 5.97 Å². The van der Waals surface area contributed by atoms with E-state index in [1.54, 1.807) is 19.1 Å². The molecule has 0 aliphatic heterocycles. The molecule has 0 radical (unpaired) electrons. The molecule has 0 saturated heterocycles. The molecule has 86 valence electrons. The summed E-state index contributed by atoms with van der Waals surface area (Å²) in [6.07, 6.45) is 1.03. The maximum atomic E-state index is 11.1. The van der Waals surface area contributed by atoms with E-state index in [2.05, 4.69) is 0 Å². The van der Waals surface area contributed by atoms with E-state index in [9.17, 15) is 9.59 Å². The zero-order valence-electron chi connectivity index (χ0n) is 9.66. The van der Waals surface area contributed by atoms with Crippen molar-refractivity contribution in [3.8, 4) is 0 Å².